The Balaban J connectivity index is 3.91. The minimum absolute atomic E-state index is 0.102. The number of unbranched alkanes of at least 4 members (excludes halogenated alkanes) is 3. The van der Waals surface area contributed by atoms with E-state index in [0.717, 1.165) is 31.8 Å². The normalized spacial score (nSPS) is 11.3. The van der Waals surface area contributed by atoms with Crippen molar-refractivity contribution in [2.75, 3.05) is 6.61 Å². The minimum Gasteiger partial charge on any atom is -0.461 e. The predicted molar refractivity (Wildman–Crippen MR) is 59.6 cm³/mol. The van der Waals surface area contributed by atoms with Gasteiger partial charge in [-0.15, -0.1) is 0 Å². The van der Waals surface area contributed by atoms with Crippen LogP contribution in [0.25, 0.3) is 0 Å². The van der Waals surface area contributed by atoms with Gasteiger partial charge in [0.1, 0.15) is 0 Å². The van der Waals surface area contributed by atoms with Crippen molar-refractivity contribution in [3.05, 3.63) is 11.9 Å². The summed E-state index contributed by atoms with van der Waals surface area (Å²) in [5.41, 5.74) is 0. The van der Waals surface area contributed by atoms with Crippen LogP contribution >= 0.6 is 0 Å². The summed E-state index contributed by atoms with van der Waals surface area (Å²) in [5, 5.41) is 0. The highest BCUT2D eigenvalue weighted by molar-refractivity contribution is 5.97. The van der Waals surface area contributed by atoms with E-state index < -0.39 is 11.8 Å². The summed E-state index contributed by atoms with van der Waals surface area (Å²) in [4.78, 5) is 22.0. The van der Waals surface area contributed by atoms with E-state index in [1.165, 1.54) is 0 Å². The summed E-state index contributed by atoms with van der Waals surface area (Å²) in [6, 6.07) is 0. The number of carbonyl (C=O) groups excluding carboxylic acids is 2. The van der Waals surface area contributed by atoms with Gasteiger partial charge in [-0.2, -0.15) is 4.39 Å². The predicted octanol–water partition coefficient (Wildman–Crippen LogP) is 2.94. The van der Waals surface area contributed by atoms with Crippen molar-refractivity contribution >= 4 is 11.8 Å². The van der Waals surface area contributed by atoms with Gasteiger partial charge in [-0.3, -0.25) is 4.79 Å². The number of ether oxygens (including phenoxy) is 1. The van der Waals surface area contributed by atoms with E-state index >= 15 is 0 Å². The highest BCUT2D eigenvalue weighted by Gasteiger charge is 2.11. The second kappa shape index (κ2) is 9.07. The van der Waals surface area contributed by atoms with Crippen molar-refractivity contribution < 1.29 is 18.7 Å². The van der Waals surface area contributed by atoms with Gasteiger partial charge in [-0.1, -0.05) is 26.2 Å². The Morgan fingerprint density at radius 2 is 1.88 bits per heavy atom. The summed E-state index contributed by atoms with van der Waals surface area (Å²) in [6.07, 6.45) is 4.85. The molecule has 3 nitrogen and oxygen atoms in total. The van der Waals surface area contributed by atoms with Crippen LogP contribution in [-0.2, 0) is 14.3 Å². The molecule has 0 aromatic heterocycles. The Kier molecular flexibility index (Phi) is 8.39. The topological polar surface area (TPSA) is 43.4 Å². The molecule has 16 heavy (non-hydrogen) atoms. The van der Waals surface area contributed by atoms with Crippen molar-refractivity contribution in [1.82, 2.24) is 0 Å². The number of allylic oxidation sites excluding steroid dienone is 1. The first-order chi connectivity index (χ1) is 7.61. The minimum atomic E-state index is -1.11. The maximum atomic E-state index is 13.0. The monoisotopic (exact) mass is 230 g/mol. The number of carbonyl (C=O) groups is 2. The molecular weight excluding hydrogens is 211 g/mol. The summed E-state index contributed by atoms with van der Waals surface area (Å²) < 4.78 is 17.4. The van der Waals surface area contributed by atoms with Crippen LogP contribution in [0, 0.1) is 0 Å². The molecule has 0 unspecified atom stereocenters. The summed E-state index contributed by atoms with van der Waals surface area (Å²) in [6.45, 7) is 3.75. The Bertz CT molecular complexity index is 259. The Morgan fingerprint density at radius 3 is 2.44 bits per heavy atom. The SMILES string of the molecule is CCCCCCC(=O)/C=C(/F)C(=O)OCC. The average Bonchev–Trinajstić information content (AvgIpc) is 2.24. The van der Waals surface area contributed by atoms with Crippen LogP contribution in [0.3, 0.4) is 0 Å². The molecule has 0 aliphatic heterocycles. The highest BCUT2D eigenvalue weighted by Crippen LogP contribution is 2.06. The van der Waals surface area contributed by atoms with E-state index in [1.807, 2.05) is 0 Å². The first-order valence-electron chi connectivity index (χ1n) is 5.69. The second-order valence-corrected chi connectivity index (χ2v) is 3.49. The molecular formula is C12H19FO3. The van der Waals surface area contributed by atoms with E-state index in [4.69, 9.17) is 0 Å². The largest absolute Gasteiger partial charge is 0.461 e. The van der Waals surface area contributed by atoms with E-state index in [0.29, 0.717) is 0 Å². The van der Waals surface area contributed by atoms with Crippen LogP contribution in [0.4, 0.5) is 4.39 Å². The molecule has 0 aliphatic carbocycles. The average molecular weight is 230 g/mol. The van der Waals surface area contributed by atoms with Gasteiger partial charge in [0.25, 0.3) is 0 Å². The number of halogens is 1. The lowest BCUT2D eigenvalue weighted by Gasteiger charge is -1.98. The van der Waals surface area contributed by atoms with Gasteiger partial charge >= 0.3 is 5.97 Å². The molecule has 0 bridgehead atoms. The first-order valence-corrected chi connectivity index (χ1v) is 5.69. The number of hydrogen-bond donors (Lipinski definition) is 0. The highest BCUT2D eigenvalue weighted by atomic mass is 19.1. The van der Waals surface area contributed by atoms with Crippen molar-refractivity contribution in [3.8, 4) is 0 Å². The molecule has 0 amide bonds. The van der Waals surface area contributed by atoms with Gasteiger partial charge in [0.05, 0.1) is 6.61 Å². The van der Waals surface area contributed by atoms with Crippen LogP contribution in [0.2, 0.25) is 0 Å². The van der Waals surface area contributed by atoms with Gasteiger partial charge in [-0.25, -0.2) is 4.79 Å². The second-order valence-electron chi connectivity index (χ2n) is 3.49. The van der Waals surface area contributed by atoms with E-state index in [-0.39, 0.29) is 18.8 Å². The molecule has 0 rings (SSSR count). The number of ketones is 1. The third kappa shape index (κ3) is 7.15. The third-order valence-corrected chi connectivity index (χ3v) is 2.03. The van der Waals surface area contributed by atoms with E-state index in [2.05, 4.69) is 11.7 Å². The molecule has 0 N–H and O–H groups in total. The molecule has 0 aliphatic rings. The van der Waals surface area contributed by atoms with Crippen molar-refractivity contribution in [1.29, 1.82) is 0 Å². The van der Waals surface area contributed by atoms with Crippen LogP contribution < -0.4 is 0 Å². The molecule has 4 heteroatoms. The molecule has 0 radical (unpaired) electrons. The lowest BCUT2D eigenvalue weighted by molar-refractivity contribution is -0.140. The van der Waals surface area contributed by atoms with E-state index in [1.54, 1.807) is 6.92 Å². The van der Waals surface area contributed by atoms with Crippen molar-refractivity contribution in [3.63, 3.8) is 0 Å². The maximum Gasteiger partial charge on any atom is 0.367 e. The van der Waals surface area contributed by atoms with Gasteiger partial charge in [0.2, 0.25) is 5.83 Å². The van der Waals surface area contributed by atoms with Crippen molar-refractivity contribution in [2.24, 2.45) is 0 Å². The zero-order chi connectivity index (χ0) is 12.4. The Labute approximate surface area is 95.7 Å². The van der Waals surface area contributed by atoms with Crippen LogP contribution in [0.15, 0.2) is 11.9 Å². The lowest BCUT2D eigenvalue weighted by atomic mass is 10.1. The quantitative estimate of drug-likeness (QED) is 0.366. The molecule has 0 aromatic carbocycles. The molecule has 0 heterocycles. The van der Waals surface area contributed by atoms with Crippen LogP contribution in [-0.4, -0.2) is 18.4 Å². The maximum absolute atomic E-state index is 13.0. The molecule has 0 aromatic rings. The molecule has 0 saturated heterocycles. The molecule has 92 valence electrons. The summed E-state index contributed by atoms with van der Waals surface area (Å²) in [5.74, 6) is -2.53. The lowest BCUT2D eigenvalue weighted by Crippen LogP contribution is -2.06. The third-order valence-electron chi connectivity index (χ3n) is 2.03. The molecule has 0 atom stereocenters. The summed E-state index contributed by atoms with van der Waals surface area (Å²) in [7, 11) is 0. The first kappa shape index (κ1) is 14.8. The van der Waals surface area contributed by atoms with Crippen molar-refractivity contribution in [2.45, 2.75) is 46.0 Å². The number of rotatable bonds is 8. The standard InChI is InChI=1S/C12H19FO3/c1-3-5-6-7-8-10(14)9-11(13)12(15)16-4-2/h9H,3-8H2,1-2H3/b11-9+. The Morgan fingerprint density at radius 1 is 1.19 bits per heavy atom. The molecule has 0 fully saturated rings. The number of esters is 1. The summed E-state index contributed by atoms with van der Waals surface area (Å²) >= 11 is 0. The molecule has 0 saturated carbocycles. The van der Waals surface area contributed by atoms with Crippen LogP contribution in [0.5, 0.6) is 0 Å². The fourth-order valence-corrected chi connectivity index (χ4v) is 1.20. The molecule has 0 spiro atoms. The zero-order valence-corrected chi connectivity index (χ0v) is 9.92. The zero-order valence-electron chi connectivity index (χ0n) is 9.92. The van der Waals surface area contributed by atoms with Gasteiger partial charge < -0.3 is 4.74 Å². The fraction of sp³-hybridized carbons (Fsp3) is 0.667. The van der Waals surface area contributed by atoms with Crippen LogP contribution in [0.1, 0.15) is 46.0 Å². The number of hydrogen-bond acceptors (Lipinski definition) is 3. The fourth-order valence-electron chi connectivity index (χ4n) is 1.20. The Hall–Kier alpha value is -1.19. The van der Waals surface area contributed by atoms with Gasteiger partial charge in [-0.05, 0) is 13.3 Å². The smallest absolute Gasteiger partial charge is 0.367 e. The van der Waals surface area contributed by atoms with Gasteiger partial charge in [0.15, 0.2) is 5.78 Å². The van der Waals surface area contributed by atoms with Gasteiger partial charge in [0, 0.05) is 12.5 Å². The van der Waals surface area contributed by atoms with E-state index in [9.17, 15) is 14.0 Å².